The lowest BCUT2D eigenvalue weighted by Crippen LogP contribution is -2.43. The van der Waals surface area contributed by atoms with Crippen molar-refractivity contribution in [2.75, 3.05) is 23.8 Å². The van der Waals surface area contributed by atoms with E-state index < -0.39 is 17.2 Å². The molecule has 0 bridgehead atoms. The molecule has 8 heteroatoms. The number of nitrogens with two attached hydrogens (primary N) is 1. The van der Waals surface area contributed by atoms with Gasteiger partial charge in [-0.05, 0) is 42.0 Å². The fourth-order valence-corrected chi connectivity index (χ4v) is 3.55. The van der Waals surface area contributed by atoms with Gasteiger partial charge in [-0.15, -0.1) is 0 Å². The Hall–Kier alpha value is -3.81. The smallest absolute Gasteiger partial charge is 0.330 e. The van der Waals surface area contributed by atoms with Crippen molar-refractivity contribution in [3.05, 3.63) is 86.6 Å². The molecule has 3 rings (SSSR count). The maximum absolute atomic E-state index is 13.2. The zero-order chi connectivity index (χ0) is 24.7. The van der Waals surface area contributed by atoms with Gasteiger partial charge in [0.05, 0.1) is 6.54 Å². The summed E-state index contributed by atoms with van der Waals surface area (Å²) in [5.41, 5.74) is 6.97. The highest BCUT2D eigenvalue weighted by Gasteiger charge is 2.25. The number of H-pyrrole nitrogens is 1. The first-order chi connectivity index (χ1) is 16.3. The number of carbonyl (C=O) groups is 1. The van der Waals surface area contributed by atoms with Gasteiger partial charge in [0.1, 0.15) is 11.6 Å². The Morgan fingerprint density at radius 2 is 1.74 bits per heavy atom. The molecular weight excluding hydrogens is 432 g/mol. The van der Waals surface area contributed by atoms with Gasteiger partial charge in [0, 0.05) is 6.54 Å². The van der Waals surface area contributed by atoms with Gasteiger partial charge in [-0.1, -0.05) is 63.2 Å². The molecule has 3 aromatic rings. The minimum Gasteiger partial charge on any atom is -0.484 e. The average Bonchev–Trinajstić information content (AvgIpc) is 2.83. The zero-order valence-corrected chi connectivity index (χ0v) is 19.9. The number of aromatic amines is 1. The Balaban J connectivity index is 1.92. The molecule has 0 saturated carbocycles. The summed E-state index contributed by atoms with van der Waals surface area (Å²) in [4.78, 5) is 42.2. The molecule has 0 unspecified atom stereocenters. The number of carbonyl (C=O) groups excluding carboxylic acids is 1. The van der Waals surface area contributed by atoms with Crippen LogP contribution in [-0.4, -0.2) is 28.6 Å². The number of benzene rings is 2. The normalized spacial score (nSPS) is 10.9. The summed E-state index contributed by atoms with van der Waals surface area (Å²) < 4.78 is 6.96. The standard InChI is InChI=1S/C26H32N4O4/c1-4-19-10-12-21(13-11-19)34-17-22(31)29(15-14-18(2)3)23-24(27)30(26(33)28-25(23)32)16-20-8-6-5-7-9-20/h5-13,18H,4,14-17,27H2,1-3H3,(H,28,32,33). The van der Waals surface area contributed by atoms with E-state index in [1.165, 1.54) is 9.47 Å². The predicted molar refractivity (Wildman–Crippen MR) is 134 cm³/mol. The third kappa shape index (κ3) is 6.15. The Labute approximate surface area is 199 Å². The van der Waals surface area contributed by atoms with Crippen molar-refractivity contribution < 1.29 is 9.53 Å². The second-order valence-corrected chi connectivity index (χ2v) is 8.58. The molecule has 1 heterocycles. The van der Waals surface area contributed by atoms with Gasteiger partial charge in [0.2, 0.25) is 0 Å². The molecule has 0 spiro atoms. The minimum absolute atomic E-state index is 0.0360. The number of rotatable bonds is 10. The van der Waals surface area contributed by atoms with E-state index in [9.17, 15) is 14.4 Å². The van der Waals surface area contributed by atoms with Gasteiger partial charge in [-0.2, -0.15) is 0 Å². The van der Waals surface area contributed by atoms with Crippen LogP contribution in [0.3, 0.4) is 0 Å². The predicted octanol–water partition coefficient (Wildman–Crippen LogP) is 3.19. The second kappa shape index (κ2) is 11.4. The third-order valence-electron chi connectivity index (χ3n) is 5.59. The summed E-state index contributed by atoms with van der Waals surface area (Å²) in [7, 11) is 0. The van der Waals surface area contributed by atoms with E-state index in [-0.39, 0.29) is 37.1 Å². The third-order valence-corrected chi connectivity index (χ3v) is 5.59. The maximum atomic E-state index is 13.2. The quantitative estimate of drug-likeness (QED) is 0.479. The summed E-state index contributed by atoms with van der Waals surface area (Å²) in [5.74, 6) is 0.378. The molecule has 0 saturated heterocycles. The van der Waals surface area contributed by atoms with E-state index in [4.69, 9.17) is 10.5 Å². The second-order valence-electron chi connectivity index (χ2n) is 8.58. The van der Waals surface area contributed by atoms with Gasteiger partial charge in [-0.25, -0.2) is 4.79 Å². The molecule has 3 N–H and O–H groups in total. The maximum Gasteiger partial charge on any atom is 0.330 e. The number of nitrogen functional groups attached to an aromatic ring is 1. The van der Waals surface area contributed by atoms with E-state index >= 15 is 0 Å². The Morgan fingerprint density at radius 1 is 1.06 bits per heavy atom. The fraction of sp³-hybridized carbons (Fsp3) is 0.346. The summed E-state index contributed by atoms with van der Waals surface area (Å²) in [6.07, 6.45) is 1.55. The molecule has 34 heavy (non-hydrogen) atoms. The van der Waals surface area contributed by atoms with Crippen LogP contribution in [0.15, 0.2) is 64.2 Å². The Morgan fingerprint density at radius 3 is 2.35 bits per heavy atom. The van der Waals surface area contributed by atoms with Gasteiger partial charge in [0.25, 0.3) is 11.5 Å². The topological polar surface area (TPSA) is 110 Å². The summed E-state index contributed by atoms with van der Waals surface area (Å²) >= 11 is 0. The number of aromatic nitrogens is 2. The van der Waals surface area contributed by atoms with E-state index in [1.807, 2.05) is 68.4 Å². The van der Waals surface area contributed by atoms with Crippen molar-refractivity contribution in [1.29, 1.82) is 0 Å². The van der Waals surface area contributed by atoms with Crippen molar-refractivity contribution in [2.24, 2.45) is 5.92 Å². The fourth-order valence-electron chi connectivity index (χ4n) is 3.55. The molecular formula is C26H32N4O4. The molecule has 0 aliphatic heterocycles. The summed E-state index contributed by atoms with van der Waals surface area (Å²) in [6.45, 7) is 6.29. The van der Waals surface area contributed by atoms with Crippen molar-refractivity contribution in [3.8, 4) is 5.75 Å². The number of anilines is 2. The SMILES string of the molecule is CCc1ccc(OCC(=O)N(CCC(C)C)c2c(N)n(Cc3ccccc3)c(=O)[nH]c2=O)cc1. The molecule has 0 aliphatic rings. The largest absolute Gasteiger partial charge is 0.484 e. The lowest BCUT2D eigenvalue weighted by atomic mass is 10.1. The molecule has 180 valence electrons. The number of hydrogen-bond acceptors (Lipinski definition) is 5. The van der Waals surface area contributed by atoms with E-state index in [0.717, 1.165) is 17.5 Å². The molecule has 1 amide bonds. The number of hydrogen-bond donors (Lipinski definition) is 2. The number of aryl methyl sites for hydroxylation is 1. The van der Waals surface area contributed by atoms with Crippen LogP contribution in [0.25, 0.3) is 0 Å². The first-order valence-corrected chi connectivity index (χ1v) is 11.5. The van der Waals surface area contributed by atoms with Crippen molar-refractivity contribution in [3.63, 3.8) is 0 Å². The highest BCUT2D eigenvalue weighted by atomic mass is 16.5. The van der Waals surface area contributed by atoms with E-state index in [1.54, 1.807) is 0 Å². The highest BCUT2D eigenvalue weighted by Crippen LogP contribution is 2.20. The van der Waals surface area contributed by atoms with Crippen LogP contribution >= 0.6 is 0 Å². The molecule has 2 aromatic carbocycles. The van der Waals surface area contributed by atoms with Gasteiger partial charge >= 0.3 is 5.69 Å². The highest BCUT2D eigenvalue weighted by molar-refractivity contribution is 5.96. The van der Waals surface area contributed by atoms with Crippen molar-refractivity contribution >= 4 is 17.4 Å². The van der Waals surface area contributed by atoms with Crippen LogP contribution < -0.4 is 26.6 Å². The number of nitrogens with zero attached hydrogens (tertiary/aromatic N) is 2. The molecule has 8 nitrogen and oxygen atoms in total. The van der Waals surface area contributed by atoms with Crippen LogP contribution in [0.4, 0.5) is 11.5 Å². The van der Waals surface area contributed by atoms with E-state index in [2.05, 4.69) is 11.9 Å². The molecule has 1 aromatic heterocycles. The number of nitrogens with one attached hydrogen (secondary N) is 1. The van der Waals surface area contributed by atoms with Crippen LogP contribution in [-0.2, 0) is 17.8 Å². The van der Waals surface area contributed by atoms with Gasteiger partial charge in [-0.3, -0.25) is 19.1 Å². The van der Waals surface area contributed by atoms with Crippen LogP contribution in [0.1, 0.15) is 38.3 Å². The molecule has 0 fully saturated rings. The van der Waals surface area contributed by atoms with Crippen LogP contribution in [0.5, 0.6) is 5.75 Å². The first kappa shape index (κ1) is 24.8. The Kier molecular flexibility index (Phi) is 8.29. The average molecular weight is 465 g/mol. The molecule has 0 atom stereocenters. The van der Waals surface area contributed by atoms with Crippen molar-refractivity contribution in [2.45, 2.75) is 40.2 Å². The van der Waals surface area contributed by atoms with E-state index in [0.29, 0.717) is 12.2 Å². The molecule has 0 aliphatic carbocycles. The lowest BCUT2D eigenvalue weighted by molar-refractivity contribution is -0.120. The van der Waals surface area contributed by atoms with Crippen molar-refractivity contribution in [1.82, 2.24) is 9.55 Å². The Bertz CT molecular complexity index is 1210. The number of ether oxygens (including phenoxy) is 1. The zero-order valence-electron chi connectivity index (χ0n) is 19.9. The lowest BCUT2D eigenvalue weighted by Gasteiger charge is -2.25. The number of amides is 1. The van der Waals surface area contributed by atoms with Crippen LogP contribution in [0, 0.1) is 5.92 Å². The summed E-state index contributed by atoms with van der Waals surface area (Å²) in [5, 5.41) is 0. The van der Waals surface area contributed by atoms with Gasteiger partial charge in [0.15, 0.2) is 12.3 Å². The summed E-state index contributed by atoms with van der Waals surface area (Å²) in [6, 6.07) is 16.8. The monoisotopic (exact) mass is 464 g/mol. The van der Waals surface area contributed by atoms with Crippen LogP contribution in [0.2, 0.25) is 0 Å². The first-order valence-electron chi connectivity index (χ1n) is 11.5. The van der Waals surface area contributed by atoms with Gasteiger partial charge < -0.3 is 15.4 Å². The minimum atomic E-state index is -0.698. The molecule has 0 radical (unpaired) electrons.